The van der Waals surface area contributed by atoms with Crippen LogP contribution in [0.5, 0.6) is 0 Å². The lowest BCUT2D eigenvalue weighted by atomic mass is 9.83. The molecule has 2 aromatic heterocycles. The van der Waals surface area contributed by atoms with E-state index in [1.807, 2.05) is 24.3 Å². The third-order valence-corrected chi connectivity index (χ3v) is 6.65. The standard InChI is InChI=1S/C26H30ClFN4/c1-32(2)22-11-9-18(10-12-22)14-21-15-23(24(27)17-29-21)25-7-4-8-26(31-25)30-16-19-5-3-6-20(28)13-19/h3-8,13,15,17-18,22H,9-12,14,16H2,1-2H3,(H,30,31). The molecule has 4 rings (SSSR count). The molecular formula is C26H30ClFN4. The molecule has 0 aliphatic heterocycles. The largest absolute Gasteiger partial charge is 0.366 e. The van der Waals surface area contributed by atoms with Gasteiger partial charge in [-0.25, -0.2) is 9.37 Å². The van der Waals surface area contributed by atoms with E-state index in [1.54, 1.807) is 12.3 Å². The van der Waals surface area contributed by atoms with E-state index in [0.717, 1.165) is 34.8 Å². The molecule has 1 aliphatic rings. The molecule has 0 atom stereocenters. The molecule has 0 radical (unpaired) electrons. The number of nitrogens with zero attached hydrogens (tertiary/aromatic N) is 3. The van der Waals surface area contributed by atoms with Crippen LogP contribution in [0.25, 0.3) is 11.3 Å². The topological polar surface area (TPSA) is 41.0 Å². The van der Waals surface area contributed by atoms with E-state index in [1.165, 1.54) is 37.8 Å². The molecule has 1 aliphatic carbocycles. The molecule has 0 unspecified atom stereocenters. The SMILES string of the molecule is CN(C)C1CCC(Cc2cc(-c3cccc(NCc4cccc(F)c4)n3)c(Cl)cn2)CC1. The fourth-order valence-corrected chi connectivity index (χ4v) is 4.67. The van der Waals surface area contributed by atoms with Crippen LogP contribution in [0.3, 0.4) is 0 Å². The molecule has 1 aromatic carbocycles. The number of hydrogen-bond acceptors (Lipinski definition) is 4. The van der Waals surface area contributed by atoms with Gasteiger partial charge in [0.05, 0.1) is 10.7 Å². The average molecular weight is 453 g/mol. The van der Waals surface area contributed by atoms with Gasteiger partial charge in [-0.05, 0) is 88.0 Å². The summed E-state index contributed by atoms with van der Waals surface area (Å²) in [6.45, 7) is 0.499. The van der Waals surface area contributed by atoms with Crippen LogP contribution in [-0.2, 0) is 13.0 Å². The van der Waals surface area contributed by atoms with E-state index in [2.05, 4.69) is 35.4 Å². The van der Waals surface area contributed by atoms with Crippen LogP contribution >= 0.6 is 11.6 Å². The molecule has 0 saturated heterocycles. The molecule has 0 amide bonds. The highest BCUT2D eigenvalue weighted by Gasteiger charge is 2.23. The summed E-state index contributed by atoms with van der Waals surface area (Å²) in [5.41, 5.74) is 3.63. The Balaban J connectivity index is 1.44. The number of rotatable bonds is 7. The van der Waals surface area contributed by atoms with Crippen LogP contribution in [0.1, 0.15) is 36.9 Å². The fraction of sp³-hybridized carbons (Fsp3) is 0.385. The van der Waals surface area contributed by atoms with Crippen LogP contribution in [0.2, 0.25) is 5.02 Å². The van der Waals surface area contributed by atoms with Crippen LogP contribution < -0.4 is 5.32 Å². The number of aromatic nitrogens is 2. The Hall–Kier alpha value is -2.50. The molecule has 0 spiro atoms. The summed E-state index contributed by atoms with van der Waals surface area (Å²) in [5.74, 6) is 1.15. The smallest absolute Gasteiger partial charge is 0.126 e. The summed E-state index contributed by atoms with van der Waals surface area (Å²) >= 11 is 6.50. The summed E-state index contributed by atoms with van der Waals surface area (Å²) in [6.07, 6.45) is 7.69. The summed E-state index contributed by atoms with van der Waals surface area (Å²) in [4.78, 5) is 11.7. The van der Waals surface area contributed by atoms with E-state index in [9.17, 15) is 4.39 Å². The third-order valence-electron chi connectivity index (χ3n) is 6.34. The van der Waals surface area contributed by atoms with Crippen molar-refractivity contribution in [1.29, 1.82) is 0 Å². The zero-order chi connectivity index (χ0) is 22.5. The number of halogens is 2. The van der Waals surface area contributed by atoms with Crippen molar-refractivity contribution in [2.24, 2.45) is 5.92 Å². The summed E-state index contributed by atoms with van der Waals surface area (Å²) < 4.78 is 13.4. The molecule has 4 nitrogen and oxygen atoms in total. The van der Waals surface area contributed by atoms with Crippen LogP contribution in [0.15, 0.2) is 54.7 Å². The highest BCUT2D eigenvalue weighted by Crippen LogP contribution is 2.32. The number of pyridine rings is 2. The third kappa shape index (κ3) is 5.84. The van der Waals surface area contributed by atoms with E-state index >= 15 is 0 Å². The van der Waals surface area contributed by atoms with Crippen molar-refractivity contribution < 1.29 is 4.39 Å². The number of anilines is 1. The second-order valence-corrected chi connectivity index (χ2v) is 9.30. The molecule has 3 aromatic rings. The van der Waals surface area contributed by atoms with Crippen LogP contribution in [0.4, 0.5) is 10.2 Å². The van der Waals surface area contributed by atoms with Gasteiger partial charge in [0.15, 0.2) is 0 Å². The summed E-state index contributed by atoms with van der Waals surface area (Å²) in [7, 11) is 4.35. The Kier molecular flexibility index (Phi) is 7.38. The van der Waals surface area contributed by atoms with Crippen molar-refractivity contribution in [3.8, 4) is 11.3 Å². The van der Waals surface area contributed by atoms with Crippen LogP contribution in [0, 0.1) is 11.7 Å². The van der Waals surface area contributed by atoms with E-state index < -0.39 is 0 Å². The van der Waals surface area contributed by atoms with Crippen molar-refractivity contribution in [2.45, 2.75) is 44.7 Å². The van der Waals surface area contributed by atoms with Crippen LogP contribution in [-0.4, -0.2) is 35.0 Å². The maximum absolute atomic E-state index is 13.4. The highest BCUT2D eigenvalue weighted by molar-refractivity contribution is 6.33. The minimum Gasteiger partial charge on any atom is -0.366 e. The number of hydrogen-bond donors (Lipinski definition) is 1. The monoisotopic (exact) mass is 452 g/mol. The second kappa shape index (κ2) is 10.4. The van der Waals surface area contributed by atoms with Gasteiger partial charge in [-0.2, -0.15) is 0 Å². The minimum atomic E-state index is -0.239. The van der Waals surface area contributed by atoms with Gasteiger partial charge in [0.25, 0.3) is 0 Å². The Bertz CT molecular complexity index is 1050. The summed E-state index contributed by atoms with van der Waals surface area (Å²) in [6, 6.07) is 15.2. The lowest BCUT2D eigenvalue weighted by Gasteiger charge is -2.32. The van der Waals surface area contributed by atoms with Gasteiger partial charge in [0.2, 0.25) is 0 Å². The Labute approximate surface area is 194 Å². The molecule has 32 heavy (non-hydrogen) atoms. The fourth-order valence-electron chi connectivity index (χ4n) is 4.47. The predicted octanol–water partition coefficient (Wildman–Crippen LogP) is 6.21. The van der Waals surface area contributed by atoms with Crippen molar-refractivity contribution in [3.05, 3.63) is 76.8 Å². The van der Waals surface area contributed by atoms with Crippen molar-refractivity contribution in [1.82, 2.24) is 14.9 Å². The second-order valence-electron chi connectivity index (χ2n) is 8.89. The maximum atomic E-state index is 13.4. The molecular weight excluding hydrogens is 423 g/mol. The lowest BCUT2D eigenvalue weighted by Crippen LogP contribution is -2.32. The van der Waals surface area contributed by atoms with Gasteiger partial charge in [0.1, 0.15) is 11.6 Å². The molecule has 2 heterocycles. The molecule has 1 fully saturated rings. The van der Waals surface area contributed by atoms with E-state index in [0.29, 0.717) is 23.5 Å². The Morgan fingerprint density at radius 2 is 1.84 bits per heavy atom. The first-order chi connectivity index (χ1) is 15.5. The van der Waals surface area contributed by atoms with Gasteiger partial charge in [-0.3, -0.25) is 4.98 Å². The van der Waals surface area contributed by atoms with Gasteiger partial charge in [-0.1, -0.05) is 29.8 Å². The zero-order valence-corrected chi connectivity index (χ0v) is 19.4. The quantitative estimate of drug-likeness (QED) is 0.462. The average Bonchev–Trinajstić information content (AvgIpc) is 2.79. The molecule has 1 N–H and O–H groups in total. The number of benzene rings is 1. The zero-order valence-electron chi connectivity index (χ0n) is 18.7. The van der Waals surface area contributed by atoms with E-state index in [4.69, 9.17) is 16.6 Å². The van der Waals surface area contributed by atoms with Gasteiger partial charge in [0, 0.05) is 30.0 Å². The summed E-state index contributed by atoms with van der Waals surface area (Å²) in [5, 5.41) is 3.87. The van der Waals surface area contributed by atoms with Gasteiger partial charge in [-0.15, -0.1) is 0 Å². The normalized spacial score (nSPS) is 18.7. The lowest BCUT2D eigenvalue weighted by molar-refractivity contribution is 0.193. The van der Waals surface area contributed by atoms with Gasteiger partial charge < -0.3 is 10.2 Å². The highest BCUT2D eigenvalue weighted by atomic mass is 35.5. The molecule has 0 bridgehead atoms. The Morgan fingerprint density at radius 3 is 2.59 bits per heavy atom. The maximum Gasteiger partial charge on any atom is 0.126 e. The first kappa shape index (κ1) is 22.7. The Morgan fingerprint density at radius 1 is 1.06 bits per heavy atom. The number of nitrogens with one attached hydrogen (secondary N) is 1. The first-order valence-corrected chi connectivity index (χ1v) is 11.6. The van der Waals surface area contributed by atoms with Crippen molar-refractivity contribution in [3.63, 3.8) is 0 Å². The van der Waals surface area contributed by atoms with Gasteiger partial charge >= 0.3 is 0 Å². The van der Waals surface area contributed by atoms with Crippen molar-refractivity contribution >= 4 is 17.4 Å². The molecule has 6 heteroatoms. The first-order valence-electron chi connectivity index (χ1n) is 11.2. The molecule has 168 valence electrons. The predicted molar refractivity (Wildman–Crippen MR) is 129 cm³/mol. The van der Waals surface area contributed by atoms with E-state index in [-0.39, 0.29) is 5.82 Å². The minimum absolute atomic E-state index is 0.239. The van der Waals surface area contributed by atoms with Crippen molar-refractivity contribution in [2.75, 3.05) is 19.4 Å². The molecule has 1 saturated carbocycles.